The zero-order valence-corrected chi connectivity index (χ0v) is 9.26. The van der Waals surface area contributed by atoms with Gasteiger partial charge >= 0.3 is 5.97 Å². The van der Waals surface area contributed by atoms with Crippen molar-refractivity contribution in [3.8, 4) is 0 Å². The molecule has 0 saturated heterocycles. The first-order valence-electron chi connectivity index (χ1n) is 5.33. The summed E-state index contributed by atoms with van der Waals surface area (Å²) >= 11 is 0. The summed E-state index contributed by atoms with van der Waals surface area (Å²) in [6, 6.07) is 10.5. The summed E-state index contributed by atoms with van der Waals surface area (Å²) < 4.78 is 0. The zero-order chi connectivity index (χ0) is 12.4. The minimum Gasteiger partial charge on any atom is -0.480 e. The maximum atomic E-state index is 10.7. The van der Waals surface area contributed by atoms with Gasteiger partial charge in [0.25, 0.3) is 0 Å². The van der Waals surface area contributed by atoms with E-state index in [9.17, 15) is 4.79 Å². The van der Waals surface area contributed by atoms with Crippen molar-refractivity contribution in [3.63, 3.8) is 0 Å². The Hall–Kier alpha value is -2.07. The first-order chi connectivity index (χ1) is 8.06. The molecule has 0 heterocycles. The van der Waals surface area contributed by atoms with Crippen molar-refractivity contribution < 1.29 is 9.90 Å². The third kappa shape index (κ3) is 2.54. The van der Waals surface area contributed by atoms with E-state index < -0.39 is 12.0 Å². The summed E-state index contributed by atoms with van der Waals surface area (Å²) in [5, 5.41) is 10.8. The molecule has 17 heavy (non-hydrogen) atoms. The van der Waals surface area contributed by atoms with E-state index in [1.54, 1.807) is 0 Å². The minimum absolute atomic E-state index is 0.329. The second-order valence-corrected chi connectivity index (χ2v) is 4.09. The van der Waals surface area contributed by atoms with E-state index in [0.29, 0.717) is 12.1 Å². The van der Waals surface area contributed by atoms with Crippen LogP contribution in [0.3, 0.4) is 0 Å². The molecule has 2 aromatic carbocycles. The number of benzene rings is 2. The average Bonchev–Trinajstić information content (AvgIpc) is 2.29. The molecule has 0 aromatic heterocycles. The van der Waals surface area contributed by atoms with Crippen LogP contribution in [-0.4, -0.2) is 17.1 Å². The van der Waals surface area contributed by atoms with Gasteiger partial charge in [-0.25, -0.2) is 0 Å². The molecule has 4 heteroatoms. The number of fused-ring (bicyclic) bond motifs is 1. The van der Waals surface area contributed by atoms with Crippen LogP contribution in [0.25, 0.3) is 10.8 Å². The number of hydrogen-bond donors (Lipinski definition) is 3. The molecule has 0 amide bonds. The molecule has 5 N–H and O–H groups in total. The molecule has 2 aromatic rings. The Kier molecular flexibility index (Phi) is 2.97. The Balaban J connectivity index is 2.32. The lowest BCUT2D eigenvalue weighted by Crippen LogP contribution is -2.32. The van der Waals surface area contributed by atoms with Gasteiger partial charge in [0.15, 0.2) is 0 Å². The number of anilines is 1. The highest BCUT2D eigenvalue weighted by Crippen LogP contribution is 2.19. The van der Waals surface area contributed by atoms with Crippen molar-refractivity contribution >= 4 is 22.4 Å². The fourth-order valence-electron chi connectivity index (χ4n) is 1.78. The number of carbonyl (C=O) groups is 1. The van der Waals surface area contributed by atoms with Gasteiger partial charge in [0.1, 0.15) is 6.04 Å². The minimum atomic E-state index is -0.984. The molecule has 0 radical (unpaired) electrons. The second kappa shape index (κ2) is 4.43. The van der Waals surface area contributed by atoms with Gasteiger partial charge in [-0.15, -0.1) is 0 Å². The summed E-state index contributed by atoms with van der Waals surface area (Å²) in [7, 11) is 0. The lowest BCUT2D eigenvalue weighted by Gasteiger charge is -2.07. The van der Waals surface area contributed by atoms with E-state index in [1.807, 2.05) is 36.4 Å². The number of rotatable bonds is 3. The van der Waals surface area contributed by atoms with Crippen LogP contribution in [0.2, 0.25) is 0 Å². The van der Waals surface area contributed by atoms with Crippen LogP contribution < -0.4 is 11.5 Å². The molecular weight excluding hydrogens is 216 g/mol. The van der Waals surface area contributed by atoms with Crippen LogP contribution in [-0.2, 0) is 11.2 Å². The van der Waals surface area contributed by atoms with Crippen molar-refractivity contribution in [2.75, 3.05) is 5.73 Å². The van der Waals surface area contributed by atoms with Gasteiger partial charge < -0.3 is 16.6 Å². The Morgan fingerprint density at radius 2 is 1.82 bits per heavy atom. The topological polar surface area (TPSA) is 89.3 Å². The summed E-state index contributed by atoms with van der Waals surface area (Å²) in [4.78, 5) is 10.7. The van der Waals surface area contributed by atoms with Gasteiger partial charge in [0.05, 0.1) is 0 Å². The van der Waals surface area contributed by atoms with Crippen molar-refractivity contribution in [3.05, 3.63) is 42.0 Å². The fraction of sp³-hybridized carbons (Fsp3) is 0.154. The van der Waals surface area contributed by atoms with Crippen molar-refractivity contribution in [1.82, 2.24) is 0 Å². The van der Waals surface area contributed by atoms with Gasteiger partial charge in [-0.1, -0.05) is 24.3 Å². The Bertz CT molecular complexity index is 566. The van der Waals surface area contributed by atoms with Gasteiger partial charge in [-0.05, 0) is 34.9 Å². The molecule has 0 unspecified atom stereocenters. The highest BCUT2D eigenvalue weighted by molar-refractivity contribution is 5.86. The second-order valence-electron chi connectivity index (χ2n) is 4.09. The number of hydrogen-bond acceptors (Lipinski definition) is 3. The first kappa shape index (κ1) is 11.4. The Morgan fingerprint density at radius 1 is 1.18 bits per heavy atom. The maximum absolute atomic E-state index is 10.7. The van der Waals surface area contributed by atoms with Crippen LogP contribution in [0.1, 0.15) is 5.56 Å². The van der Waals surface area contributed by atoms with E-state index in [2.05, 4.69) is 0 Å². The number of aliphatic carboxylic acids is 1. The lowest BCUT2D eigenvalue weighted by atomic mass is 10.0. The van der Waals surface area contributed by atoms with Crippen molar-refractivity contribution in [2.45, 2.75) is 12.5 Å². The average molecular weight is 230 g/mol. The third-order valence-corrected chi connectivity index (χ3v) is 2.70. The number of nitrogens with two attached hydrogens (primary N) is 2. The van der Waals surface area contributed by atoms with E-state index >= 15 is 0 Å². The maximum Gasteiger partial charge on any atom is 0.320 e. The molecule has 0 aliphatic heterocycles. The fourth-order valence-corrected chi connectivity index (χ4v) is 1.78. The van der Waals surface area contributed by atoms with Crippen molar-refractivity contribution in [1.29, 1.82) is 0 Å². The van der Waals surface area contributed by atoms with Crippen LogP contribution in [0.5, 0.6) is 0 Å². The predicted molar refractivity (Wildman–Crippen MR) is 67.7 cm³/mol. The summed E-state index contributed by atoms with van der Waals surface area (Å²) in [5.74, 6) is -0.984. The monoisotopic (exact) mass is 230 g/mol. The summed E-state index contributed by atoms with van der Waals surface area (Å²) in [6.07, 6.45) is 0.329. The molecule has 0 fully saturated rings. The molecule has 0 spiro atoms. The van der Waals surface area contributed by atoms with E-state index in [4.69, 9.17) is 16.6 Å². The molecule has 88 valence electrons. The SMILES string of the molecule is Nc1ccc2cc(C[C@H](N)C(=O)O)ccc2c1. The highest BCUT2D eigenvalue weighted by atomic mass is 16.4. The number of nitrogen functional groups attached to an aromatic ring is 1. The largest absolute Gasteiger partial charge is 0.480 e. The van der Waals surface area contributed by atoms with E-state index in [0.717, 1.165) is 16.3 Å². The van der Waals surface area contributed by atoms with Crippen LogP contribution >= 0.6 is 0 Å². The highest BCUT2D eigenvalue weighted by Gasteiger charge is 2.12. The quantitative estimate of drug-likeness (QED) is 0.695. The third-order valence-electron chi connectivity index (χ3n) is 2.70. The first-order valence-corrected chi connectivity index (χ1v) is 5.33. The van der Waals surface area contributed by atoms with Crippen LogP contribution in [0.15, 0.2) is 36.4 Å². The molecule has 1 atom stereocenters. The number of carboxylic acids is 1. The molecule has 2 rings (SSSR count). The number of carboxylic acid groups (broad SMARTS) is 1. The van der Waals surface area contributed by atoms with Gasteiger partial charge in [-0.3, -0.25) is 4.79 Å². The van der Waals surface area contributed by atoms with Gasteiger partial charge in [0, 0.05) is 5.69 Å². The van der Waals surface area contributed by atoms with Crippen LogP contribution in [0, 0.1) is 0 Å². The van der Waals surface area contributed by atoms with Gasteiger partial charge in [0.2, 0.25) is 0 Å². The lowest BCUT2D eigenvalue weighted by molar-refractivity contribution is -0.138. The van der Waals surface area contributed by atoms with Gasteiger partial charge in [-0.2, -0.15) is 0 Å². The molecule has 0 aliphatic rings. The molecule has 0 aliphatic carbocycles. The summed E-state index contributed by atoms with van der Waals surface area (Å²) in [6.45, 7) is 0. The summed E-state index contributed by atoms with van der Waals surface area (Å²) in [5.41, 5.74) is 12.8. The normalized spacial score (nSPS) is 12.5. The van der Waals surface area contributed by atoms with Crippen molar-refractivity contribution in [2.24, 2.45) is 5.73 Å². The Labute approximate surface area is 98.8 Å². The van der Waals surface area contributed by atoms with Crippen LogP contribution in [0.4, 0.5) is 5.69 Å². The molecular formula is C13H14N2O2. The smallest absolute Gasteiger partial charge is 0.320 e. The van der Waals surface area contributed by atoms with E-state index in [1.165, 1.54) is 0 Å². The Morgan fingerprint density at radius 3 is 2.53 bits per heavy atom. The van der Waals surface area contributed by atoms with E-state index in [-0.39, 0.29) is 0 Å². The molecule has 4 nitrogen and oxygen atoms in total. The zero-order valence-electron chi connectivity index (χ0n) is 9.26. The standard InChI is InChI=1S/C13H14N2O2/c14-11-4-3-9-5-8(1-2-10(9)7-11)6-12(15)13(16)17/h1-5,7,12H,6,14-15H2,(H,16,17)/t12-/m0/s1. The predicted octanol–water partition coefficient (Wildman–Crippen LogP) is 1.38. The molecule has 0 bridgehead atoms. The molecule has 0 saturated carbocycles.